The summed E-state index contributed by atoms with van der Waals surface area (Å²) in [7, 11) is 0. The number of rotatable bonds is 2. The highest BCUT2D eigenvalue weighted by Gasteiger charge is 2.22. The predicted molar refractivity (Wildman–Crippen MR) is 88.0 cm³/mol. The Morgan fingerprint density at radius 1 is 1.12 bits per heavy atom. The third-order valence-corrected chi connectivity index (χ3v) is 3.81. The van der Waals surface area contributed by atoms with Crippen molar-refractivity contribution in [2.45, 2.75) is 0 Å². The fraction of sp³-hybridized carbons (Fsp3) is 0. The van der Waals surface area contributed by atoms with E-state index >= 15 is 0 Å². The Morgan fingerprint density at radius 2 is 1.92 bits per heavy atom. The lowest BCUT2D eigenvalue weighted by Gasteiger charge is -2.03. The van der Waals surface area contributed by atoms with Crippen LogP contribution in [0.25, 0.3) is 22.0 Å². The first-order valence-electron chi connectivity index (χ1n) is 7.26. The number of nitrogen functional groups attached to an aromatic ring is 1. The average molecular weight is 321 g/mol. The summed E-state index contributed by atoms with van der Waals surface area (Å²) in [5.41, 5.74) is 7.61. The molecule has 2 aromatic carbocycles. The number of halogens is 1. The highest BCUT2D eigenvalue weighted by atomic mass is 19.1. The Morgan fingerprint density at radius 3 is 2.71 bits per heavy atom. The highest BCUT2D eigenvalue weighted by Crippen LogP contribution is 2.28. The Bertz CT molecular complexity index is 1050. The third kappa shape index (κ3) is 2.16. The van der Waals surface area contributed by atoms with Gasteiger partial charge in [-0.05, 0) is 23.8 Å². The number of hydrogen-bond acceptors (Lipinski definition) is 4. The normalized spacial score (nSPS) is 11.0. The number of anilines is 1. The van der Waals surface area contributed by atoms with Gasteiger partial charge in [0.2, 0.25) is 5.76 Å². The van der Waals surface area contributed by atoms with Crippen molar-refractivity contribution in [2.24, 2.45) is 0 Å². The second-order valence-corrected chi connectivity index (χ2v) is 5.29. The predicted octanol–water partition coefficient (Wildman–Crippen LogP) is 3.71. The van der Waals surface area contributed by atoms with Crippen LogP contribution in [0.5, 0.6) is 0 Å². The van der Waals surface area contributed by atoms with Crippen LogP contribution in [0.2, 0.25) is 0 Å². The number of hydrogen-bond donors (Lipinski definition) is 1. The van der Waals surface area contributed by atoms with E-state index in [-0.39, 0.29) is 11.6 Å². The summed E-state index contributed by atoms with van der Waals surface area (Å²) in [6, 6.07) is 15.1. The molecule has 2 aromatic heterocycles. The minimum Gasteiger partial charge on any atom is -0.458 e. The monoisotopic (exact) mass is 321 g/mol. The van der Waals surface area contributed by atoms with Crippen LogP contribution >= 0.6 is 0 Å². The van der Waals surface area contributed by atoms with Gasteiger partial charge in [0.1, 0.15) is 5.82 Å². The molecule has 6 heteroatoms. The van der Waals surface area contributed by atoms with E-state index in [4.69, 9.17) is 10.2 Å². The minimum atomic E-state index is -0.508. The number of furan rings is 1. The fourth-order valence-electron chi connectivity index (χ4n) is 2.68. The van der Waals surface area contributed by atoms with Gasteiger partial charge in [-0.15, -0.1) is 5.10 Å². The molecule has 0 bridgehead atoms. The molecule has 0 saturated heterocycles. The van der Waals surface area contributed by atoms with Crippen molar-refractivity contribution >= 4 is 22.6 Å². The van der Waals surface area contributed by atoms with Gasteiger partial charge in [-0.1, -0.05) is 30.3 Å². The van der Waals surface area contributed by atoms with E-state index in [1.807, 2.05) is 30.3 Å². The molecule has 24 heavy (non-hydrogen) atoms. The van der Waals surface area contributed by atoms with Gasteiger partial charge in [-0.3, -0.25) is 4.79 Å². The maximum Gasteiger partial charge on any atom is 0.315 e. The van der Waals surface area contributed by atoms with Crippen LogP contribution in [0.1, 0.15) is 10.6 Å². The van der Waals surface area contributed by atoms with Crippen molar-refractivity contribution < 1.29 is 13.6 Å². The first-order valence-corrected chi connectivity index (χ1v) is 7.26. The first-order chi connectivity index (χ1) is 11.6. The standard InChI is InChI=1S/C18H12FN3O2/c19-12-6-7-14-15(10-12)22(21-17(14)20)18(23)16-13(8-9-24-16)11-4-2-1-3-5-11/h1-10H,(H2,20,21). The van der Waals surface area contributed by atoms with E-state index in [1.54, 1.807) is 6.07 Å². The fourth-order valence-corrected chi connectivity index (χ4v) is 2.68. The van der Waals surface area contributed by atoms with Gasteiger partial charge in [0, 0.05) is 17.0 Å². The molecule has 0 saturated carbocycles. The molecule has 0 spiro atoms. The molecule has 5 nitrogen and oxygen atoms in total. The van der Waals surface area contributed by atoms with E-state index in [0.29, 0.717) is 16.5 Å². The van der Waals surface area contributed by atoms with Crippen LogP contribution in [0.3, 0.4) is 0 Å². The van der Waals surface area contributed by atoms with Crippen molar-refractivity contribution in [2.75, 3.05) is 5.73 Å². The maximum atomic E-state index is 13.6. The molecular weight excluding hydrogens is 309 g/mol. The summed E-state index contributed by atoms with van der Waals surface area (Å²) in [6.45, 7) is 0. The molecule has 0 aliphatic rings. The average Bonchev–Trinajstić information content (AvgIpc) is 3.20. The summed E-state index contributed by atoms with van der Waals surface area (Å²) in [6.07, 6.45) is 1.44. The van der Waals surface area contributed by atoms with Crippen molar-refractivity contribution in [1.82, 2.24) is 9.78 Å². The lowest BCUT2D eigenvalue weighted by molar-refractivity contribution is 0.0924. The summed E-state index contributed by atoms with van der Waals surface area (Å²) in [4.78, 5) is 12.9. The van der Waals surface area contributed by atoms with Gasteiger partial charge < -0.3 is 10.2 Å². The van der Waals surface area contributed by atoms with Crippen LogP contribution in [0.15, 0.2) is 65.3 Å². The number of nitrogens with zero attached hydrogens (tertiary/aromatic N) is 2. The second-order valence-electron chi connectivity index (χ2n) is 5.29. The van der Waals surface area contributed by atoms with Crippen molar-refractivity contribution in [3.05, 3.63) is 72.4 Å². The van der Waals surface area contributed by atoms with E-state index in [0.717, 1.165) is 10.2 Å². The molecular formula is C18H12FN3O2. The van der Waals surface area contributed by atoms with Gasteiger partial charge in [0.25, 0.3) is 0 Å². The van der Waals surface area contributed by atoms with Crippen molar-refractivity contribution in [3.8, 4) is 11.1 Å². The molecule has 0 amide bonds. The Labute approximate surface area is 136 Å². The lowest BCUT2D eigenvalue weighted by atomic mass is 10.1. The smallest absolute Gasteiger partial charge is 0.315 e. The van der Waals surface area contributed by atoms with Gasteiger partial charge in [0.05, 0.1) is 11.8 Å². The molecule has 0 aliphatic heterocycles. The molecule has 4 rings (SSSR count). The maximum absolute atomic E-state index is 13.6. The SMILES string of the molecule is Nc1nn(C(=O)c2occc2-c2ccccc2)c2cc(F)ccc12. The number of aromatic nitrogens is 2. The summed E-state index contributed by atoms with van der Waals surface area (Å²) < 4.78 is 20.0. The molecule has 0 atom stereocenters. The molecule has 2 N–H and O–H groups in total. The number of fused-ring (bicyclic) bond motifs is 1. The second kappa shape index (κ2) is 5.34. The van der Waals surface area contributed by atoms with Crippen LogP contribution in [0, 0.1) is 5.82 Å². The number of benzene rings is 2. The molecule has 0 aliphatic carbocycles. The van der Waals surface area contributed by atoms with Gasteiger partial charge >= 0.3 is 5.91 Å². The van der Waals surface area contributed by atoms with Gasteiger partial charge in [-0.25, -0.2) is 4.39 Å². The van der Waals surface area contributed by atoms with Crippen molar-refractivity contribution in [1.29, 1.82) is 0 Å². The number of nitrogens with two attached hydrogens (primary N) is 1. The zero-order chi connectivity index (χ0) is 16.7. The van der Waals surface area contributed by atoms with E-state index in [2.05, 4.69) is 5.10 Å². The van der Waals surface area contributed by atoms with Gasteiger partial charge in [-0.2, -0.15) is 4.68 Å². The Kier molecular flexibility index (Phi) is 3.16. The quantitative estimate of drug-likeness (QED) is 0.611. The molecule has 4 aromatic rings. The lowest BCUT2D eigenvalue weighted by Crippen LogP contribution is -2.14. The van der Waals surface area contributed by atoms with Crippen LogP contribution < -0.4 is 5.73 Å². The molecule has 0 radical (unpaired) electrons. The first kappa shape index (κ1) is 14.2. The highest BCUT2D eigenvalue weighted by molar-refractivity contribution is 6.05. The van der Waals surface area contributed by atoms with Crippen LogP contribution in [0.4, 0.5) is 10.2 Å². The molecule has 118 valence electrons. The topological polar surface area (TPSA) is 74.0 Å². The van der Waals surface area contributed by atoms with Crippen LogP contribution in [-0.4, -0.2) is 15.7 Å². The molecule has 0 fully saturated rings. The zero-order valence-electron chi connectivity index (χ0n) is 12.4. The van der Waals surface area contributed by atoms with E-state index < -0.39 is 11.7 Å². The third-order valence-electron chi connectivity index (χ3n) is 3.81. The number of carbonyl (C=O) groups is 1. The van der Waals surface area contributed by atoms with Crippen molar-refractivity contribution in [3.63, 3.8) is 0 Å². The van der Waals surface area contributed by atoms with E-state index in [9.17, 15) is 9.18 Å². The minimum absolute atomic E-state index is 0.120. The summed E-state index contributed by atoms with van der Waals surface area (Å²) in [5, 5.41) is 4.55. The summed E-state index contributed by atoms with van der Waals surface area (Å²) >= 11 is 0. The molecule has 2 heterocycles. The number of carbonyl (C=O) groups excluding carboxylic acids is 1. The van der Waals surface area contributed by atoms with Gasteiger partial charge in [0.15, 0.2) is 5.82 Å². The van der Waals surface area contributed by atoms with Crippen LogP contribution in [-0.2, 0) is 0 Å². The largest absolute Gasteiger partial charge is 0.458 e. The zero-order valence-corrected chi connectivity index (χ0v) is 12.4. The summed E-state index contributed by atoms with van der Waals surface area (Å²) in [5.74, 6) is -0.702. The Hall–Kier alpha value is -3.41. The molecule has 0 unspecified atom stereocenters. The Balaban J connectivity index is 1.87. The van der Waals surface area contributed by atoms with E-state index in [1.165, 1.54) is 24.5 Å².